The zero-order chi connectivity index (χ0) is 18.6. The van der Waals surface area contributed by atoms with E-state index < -0.39 is 16.1 Å². The Balaban J connectivity index is 2.06. The smallest absolute Gasteiger partial charge is 0.246 e. The predicted octanol–water partition coefficient (Wildman–Crippen LogP) is 2.90. The van der Waals surface area contributed by atoms with Crippen LogP contribution in [0.2, 0.25) is 0 Å². The van der Waals surface area contributed by atoms with E-state index in [0.29, 0.717) is 11.6 Å². The van der Waals surface area contributed by atoms with Crippen LogP contribution in [-0.4, -0.2) is 20.4 Å². The summed E-state index contributed by atoms with van der Waals surface area (Å²) in [4.78, 5) is 12.4. The lowest BCUT2D eigenvalue weighted by Crippen LogP contribution is -2.32. The van der Waals surface area contributed by atoms with E-state index in [4.69, 9.17) is 5.14 Å². The highest BCUT2D eigenvalue weighted by Gasteiger charge is 2.16. The first-order chi connectivity index (χ1) is 11.7. The van der Waals surface area contributed by atoms with Crippen molar-refractivity contribution in [1.82, 2.24) is 0 Å². The molecule has 134 valence electrons. The zero-order valence-corrected chi connectivity index (χ0v) is 15.3. The summed E-state index contributed by atoms with van der Waals surface area (Å²) in [5, 5.41) is 11.0. The zero-order valence-electron chi connectivity index (χ0n) is 14.5. The lowest BCUT2D eigenvalue weighted by Gasteiger charge is -2.19. The van der Waals surface area contributed by atoms with E-state index in [1.807, 2.05) is 24.3 Å². The first-order valence-electron chi connectivity index (χ1n) is 7.97. The van der Waals surface area contributed by atoms with Crippen molar-refractivity contribution in [2.75, 3.05) is 10.6 Å². The van der Waals surface area contributed by atoms with Gasteiger partial charge in [-0.05, 0) is 48.7 Å². The number of nitrogens with two attached hydrogens (primary N) is 1. The molecule has 1 atom stereocenters. The summed E-state index contributed by atoms with van der Waals surface area (Å²) in [7, 11) is -3.74. The molecular formula is C18H23N3O3S. The molecule has 6 nitrogen and oxygen atoms in total. The van der Waals surface area contributed by atoms with Crippen molar-refractivity contribution >= 4 is 27.3 Å². The fourth-order valence-corrected chi connectivity index (χ4v) is 2.92. The molecule has 0 aliphatic heterocycles. The van der Waals surface area contributed by atoms with Gasteiger partial charge in [0.25, 0.3) is 0 Å². The molecule has 2 aromatic carbocycles. The second kappa shape index (κ2) is 7.67. The number of primary sulfonamides is 1. The fraction of sp³-hybridized carbons (Fsp3) is 0.278. The normalized spacial score (nSPS) is 12.7. The van der Waals surface area contributed by atoms with Crippen molar-refractivity contribution in [3.8, 4) is 0 Å². The molecule has 0 aliphatic rings. The van der Waals surface area contributed by atoms with Crippen molar-refractivity contribution in [1.29, 1.82) is 0 Å². The molecule has 2 rings (SSSR count). The molecular weight excluding hydrogens is 338 g/mol. The lowest BCUT2D eigenvalue weighted by molar-refractivity contribution is -0.116. The topological polar surface area (TPSA) is 101 Å². The second-order valence-electron chi connectivity index (χ2n) is 6.17. The number of para-hydroxylation sites is 1. The number of amides is 1. The first-order valence-corrected chi connectivity index (χ1v) is 9.52. The molecule has 4 N–H and O–H groups in total. The molecule has 1 amide bonds. The summed E-state index contributed by atoms with van der Waals surface area (Å²) in [5.41, 5.74) is 2.56. The standard InChI is InChI=1S/C18H23N3O3S/c1-12(2)16-6-4-5-7-17(16)20-13(3)18(22)21-14-8-10-15(11-9-14)25(19,23)24/h4-13,20H,1-3H3,(H,21,22)(H2,19,23,24)/t13-/m1/s1. The van der Waals surface area contributed by atoms with E-state index in [9.17, 15) is 13.2 Å². The Kier molecular flexibility index (Phi) is 5.81. The van der Waals surface area contributed by atoms with Crippen LogP contribution >= 0.6 is 0 Å². The van der Waals surface area contributed by atoms with E-state index in [1.54, 1.807) is 6.92 Å². The summed E-state index contributed by atoms with van der Waals surface area (Å²) in [6.45, 7) is 5.96. The van der Waals surface area contributed by atoms with Crippen molar-refractivity contribution in [3.05, 3.63) is 54.1 Å². The maximum absolute atomic E-state index is 12.4. The number of sulfonamides is 1. The molecule has 0 unspecified atom stereocenters. The third-order valence-electron chi connectivity index (χ3n) is 3.80. The van der Waals surface area contributed by atoms with Gasteiger partial charge in [0.1, 0.15) is 6.04 Å². The second-order valence-corrected chi connectivity index (χ2v) is 7.73. The number of anilines is 2. The Bertz CT molecular complexity index is 846. The molecule has 25 heavy (non-hydrogen) atoms. The molecule has 0 saturated carbocycles. The van der Waals surface area contributed by atoms with Crippen LogP contribution in [-0.2, 0) is 14.8 Å². The van der Waals surface area contributed by atoms with Crippen LogP contribution in [0.25, 0.3) is 0 Å². The summed E-state index contributed by atoms with van der Waals surface area (Å²) < 4.78 is 22.5. The van der Waals surface area contributed by atoms with Gasteiger partial charge < -0.3 is 10.6 Å². The quantitative estimate of drug-likeness (QED) is 0.736. The van der Waals surface area contributed by atoms with E-state index in [-0.39, 0.29) is 10.8 Å². The third kappa shape index (κ3) is 5.04. The van der Waals surface area contributed by atoms with Crippen LogP contribution in [0.4, 0.5) is 11.4 Å². The van der Waals surface area contributed by atoms with Crippen molar-refractivity contribution in [2.45, 2.75) is 37.6 Å². The van der Waals surface area contributed by atoms with Crippen LogP contribution in [0.5, 0.6) is 0 Å². The number of rotatable bonds is 6. The molecule has 0 spiro atoms. The van der Waals surface area contributed by atoms with E-state index >= 15 is 0 Å². The summed E-state index contributed by atoms with van der Waals surface area (Å²) >= 11 is 0. The first kappa shape index (κ1) is 19.0. The third-order valence-corrected chi connectivity index (χ3v) is 4.73. The van der Waals surface area contributed by atoms with Gasteiger partial charge in [-0.2, -0.15) is 0 Å². The number of carbonyl (C=O) groups is 1. The Morgan fingerprint density at radius 2 is 1.60 bits per heavy atom. The molecule has 0 heterocycles. The number of hydrogen-bond acceptors (Lipinski definition) is 4. The SMILES string of the molecule is CC(C)c1ccccc1N[C@H](C)C(=O)Nc1ccc(S(N)(=O)=O)cc1. The van der Waals surface area contributed by atoms with Crippen LogP contribution < -0.4 is 15.8 Å². The van der Waals surface area contributed by atoms with Crippen LogP contribution in [0, 0.1) is 0 Å². The molecule has 0 aromatic heterocycles. The van der Waals surface area contributed by atoms with Crippen LogP contribution in [0.1, 0.15) is 32.3 Å². The Morgan fingerprint density at radius 1 is 1.00 bits per heavy atom. The average Bonchev–Trinajstić information content (AvgIpc) is 2.54. The van der Waals surface area contributed by atoms with Crippen molar-refractivity contribution < 1.29 is 13.2 Å². The average molecular weight is 361 g/mol. The number of carbonyl (C=O) groups excluding carboxylic acids is 1. The monoisotopic (exact) mass is 361 g/mol. The van der Waals surface area contributed by atoms with Gasteiger partial charge in [0.05, 0.1) is 4.90 Å². The summed E-state index contributed by atoms with van der Waals surface area (Å²) in [5.74, 6) is 0.117. The van der Waals surface area contributed by atoms with Gasteiger partial charge in [-0.25, -0.2) is 13.6 Å². The highest BCUT2D eigenvalue weighted by atomic mass is 32.2. The highest BCUT2D eigenvalue weighted by Crippen LogP contribution is 2.24. The van der Waals surface area contributed by atoms with Crippen molar-refractivity contribution in [2.24, 2.45) is 5.14 Å². The fourth-order valence-electron chi connectivity index (χ4n) is 2.41. The van der Waals surface area contributed by atoms with Crippen LogP contribution in [0.15, 0.2) is 53.4 Å². The van der Waals surface area contributed by atoms with Gasteiger partial charge in [0, 0.05) is 11.4 Å². The molecule has 0 bridgehead atoms. The molecule has 2 aromatic rings. The van der Waals surface area contributed by atoms with E-state index in [0.717, 1.165) is 11.3 Å². The van der Waals surface area contributed by atoms with Crippen LogP contribution in [0.3, 0.4) is 0 Å². The minimum absolute atomic E-state index is 0.00235. The van der Waals surface area contributed by atoms with Gasteiger partial charge in [-0.1, -0.05) is 32.0 Å². The molecule has 0 aliphatic carbocycles. The van der Waals surface area contributed by atoms with E-state index in [2.05, 4.69) is 24.5 Å². The highest BCUT2D eigenvalue weighted by molar-refractivity contribution is 7.89. The maximum atomic E-state index is 12.4. The van der Waals surface area contributed by atoms with Gasteiger partial charge >= 0.3 is 0 Å². The van der Waals surface area contributed by atoms with Gasteiger partial charge in [-0.3, -0.25) is 4.79 Å². The largest absolute Gasteiger partial charge is 0.374 e. The van der Waals surface area contributed by atoms with Gasteiger partial charge in [0.2, 0.25) is 15.9 Å². The molecule has 0 saturated heterocycles. The molecule has 0 radical (unpaired) electrons. The number of nitrogens with one attached hydrogen (secondary N) is 2. The minimum atomic E-state index is -3.74. The Labute approximate surface area is 148 Å². The lowest BCUT2D eigenvalue weighted by atomic mass is 10.0. The number of hydrogen-bond donors (Lipinski definition) is 3. The summed E-state index contributed by atoms with van der Waals surface area (Å²) in [6, 6.07) is 13.1. The Morgan fingerprint density at radius 3 is 2.16 bits per heavy atom. The minimum Gasteiger partial charge on any atom is -0.374 e. The predicted molar refractivity (Wildman–Crippen MR) is 100 cm³/mol. The van der Waals surface area contributed by atoms with Gasteiger partial charge in [0.15, 0.2) is 0 Å². The number of benzene rings is 2. The van der Waals surface area contributed by atoms with Gasteiger partial charge in [-0.15, -0.1) is 0 Å². The van der Waals surface area contributed by atoms with Crippen molar-refractivity contribution in [3.63, 3.8) is 0 Å². The Hall–Kier alpha value is -2.38. The molecule has 7 heteroatoms. The summed E-state index contributed by atoms with van der Waals surface area (Å²) in [6.07, 6.45) is 0. The molecule has 0 fully saturated rings. The van der Waals surface area contributed by atoms with E-state index in [1.165, 1.54) is 24.3 Å². The maximum Gasteiger partial charge on any atom is 0.246 e.